The molecule has 0 aromatic rings. The van der Waals surface area contributed by atoms with Gasteiger partial charge < -0.3 is 9.47 Å². The van der Waals surface area contributed by atoms with Crippen LogP contribution in [0.15, 0.2) is 12.8 Å². The van der Waals surface area contributed by atoms with Crippen molar-refractivity contribution in [3.63, 3.8) is 0 Å². The maximum absolute atomic E-state index is 7.91. The molecule has 0 aliphatic carbocycles. The van der Waals surface area contributed by atoms with Crippen molar-refractivity contribution < 1.29 is 9.47 Å². The molecule has 0 spiro atoms. The third-order valence-electron chi connectivity index (χ3n) is 0.436. The lowest BCUT2D eigenvalue weighted by molar-refractivity contribution is 0.00426. The van der Waals surface area contributed by atoms with Crippen molar-refractivity contribution in [1.29, 1.82) is 5.26 Å². The van der Waals surface area contributed by atoms with Crippen molar-refractivity contribution in [3.05, 3.63) is 12.8 Å². The van der Waals surface area contributed by atoms with Crippen molar-refractivity contribution in [3.8, 4) is 6.07 Å². The lowest BCUT2D eigenvalue weighted by Gasteiger charge is -1.95. The summed E-state index contributed by atoms with van der Waals surface area (Å²) >= 11 is 0. The molecule has 0 radical (unpaired) electrons. The normalized spacial score (nSPS) is 7.38. The van der Waals surface area contributed by atoms with Gasteiger partial charge in [-0.1, -0.05) is 6.58 Å². The van der Waals surface area contributed by atoms with Crippen molar-refractivity contribution >= 4 is 0 Å². The zero-order chi connectivity index (χ0) is 6.24. The van der Waals surface area contributed by atoms with Crippen molar-refractivity contribution in [2.45, 2.75) is 0 Å². The molecule has 0 N–H and O–H groups in total. The smallest absolute Gasteiger partial charge is 0.189 e. The predicted molar refractivity (Wildman–Crippen MR) is 27.7 cm³/mol. The molecule has 0 bridgehead atoms. The summed E-state index contributed by atoms with van der Waals surface area (Å²) < 4.78 is 9.09. The molecule has 0 rings (SSSR count). The molecular weight excluding hydrogens is 106 g/mol. The van der Waals surface area contributed by atoms with Gasteiger partial charge in [-0.05, 0) is 0 Å². The molecule has 0 unspecified atom stereocenters. The molecule has 0 aromatic carbocycles. The first kappa shape index (κ1) is 6.99. The SMILES string of the molecule is C=COCOCC#N. The molecule has 3 nitrogen and oxygen atoms in total. The molecule has 44 valence electrons. The zero-order valence-electron chi connectivity index (χ0n) is 4.46. The first-order chi connectivity index (χ1) is 3.91. The maximum Gasteiger partial charge on any atom is 0.189 e. The molecule has 0 saturated carbocycles. The second-order valence-corrected chi connectivity index (χ2v) is 0.958. The molecule has 0 aromatic heterocycles. The fraction of sp³-hybridized carbons (Fsp3) is 0.400. The molecular formula is C5H7NO2. The minimum absolute atomic E-state index is 0.0633. The van der Waals surface area contributed by atoms with Crippen LogP contribution in [0.2, 0.25) is 0 Å². The predicted octanol–water partition coefficient (Wildman–Crippen LogP) is 0.644. The number of hydrogen-bond acceptors (Lipinski definition) is 3. The molecule has 0 aliphatic rings. The van der Waals surface area contributed by atoms with Gasteiger partial charge >= 0.3 is 0 Å². The Kier molecular flexibility index (Phi) is 5.23. The van der Waals surface area contributed by atoms with Gasteiger partial charge in [0.05, 0.1) is 12.3 Å². The van der Waals surface area contributed by atoms with Crippen LogP contribution in [0, 0.1) is 11.3 Å². The van der Waals surface area contributed by atoms with Crippen LogP contribution >= 0.6 is 0 Å². The molecule has 0 saturated heterocycles. The summed E-state index contributed by atoms with van der Waals surface area (Å²) in [5.41, 5.74) is 0. The summed E-state index contributed by atoms with van der Waals surface area (Å²) in [4.78, 5) is 0. The molecule has 0 aliphatic heterocycles. The van der Waals surface area contributed by atoms with Gasteiger partial charge in [-0.25, -0.2) is 0 Å². The minimum Gasteiger partial charge on any atom is -0.476 e. The van der Waals surface area contributed by atoms with Crippen LogP contribution in [-0.2, 0) is 9.47 Å². The highest BCUT2D eigenvalue weighted by atomic mass is 16.7. The summed E-state index contributed by atoms with van der Waals surface area (Å²) in [7, 11) is 0. The van der Waals surface area contributed by atoms with Gasteiger partial charge in [-0.15, -0.1) is 0 Å². The fourth-order valence-electron chi connectivity index (χ4n) is 0.184. The van der Waals surface area contributed by atoms with Crippen LogP contribution in [-0.4, -0.2) is 13.4 Å². The molecule has 0 heterocycles. The highest BCUT2D eigenvalue weighted by Gasteiger charge is 1.77. The van der Waals surface area contributed by atoms with E-state index in [4.69, 9.17) is 5.26 Å². The van der Waals surface area contributed by atoms with Crippen LogP contribution < -0.4 is 0 Å². The van der Waals surface area contributed by atoms with E-state index in [9.17, 15) is 0 Å². The summed E-state index contributed by atoms with van der Waals surface area (Å²) in [6.45, 7) is 3.44. The molecule has 0 amide bonds. The van der Waals surface area contributed by atoms with Gasteiger partial charge in [-0.3, -0.25) is 0 Å². The van der Waals surface area contributed by atoms with Crippen LogP contribution in [0.3, 0.4) is 0 Å². The largest absolute Gasteiger partial charge is 0.476 e. The molecule has 0 fully saturated rings. The highest BCUT2D eigenvalue weighted by molar-refractivity contribution is 4.65. The van der Waals surface area contributed by atoms with E-state index in [2.05, 4.69) is 16.1 Å². The Morgan fingerprint density at radius 2 is 2.50 bits per heavy atom. The van der Waals surface area contributed by atoms with E-state index < -0.39 is 0 Å². The maximum atomic E-state index is 7.91. The summed E-state index contributed by atoms with van der Waals surface area (Å²) in [5, 5.41) is 7.91. The van der Waals surface area contributed by atoms with Gasteiger partial charge in [0, 0.05) is 0 Å². The van der Waals surface area contributed by atoms with Crippen LogP contribution in [0.1, 0.15) is 0 Å². The second-order valence-electron chi connectivity index (χ2n) is 0.958. The average Bonchev–Trinajstić information content (AvgIpc) is 1.81. The van der Waals surface area contributed by atoms with Gasteiger partial charge in [0.2, 0.25) is 0 Å². The molecule has 0 atom stereocenters. The first-order valence-electron chi connectivity index (χ1n) is 2.09. The topological polar surface area (TPSA) is 42.2 Å². The van der Waals surface area contributed by atoms with Gasteiger partial charge in [-0.2, -0.15) is 5.26 Å². The van der Waals surface area contributed by atoms with Gasteiger partial charge in [0.15, 0.2) is 6.79 Å². The standard InChI is InChI=1S/C5H7NO2/c1-2-7-5-8-4-3-6/h2H,1,4-5H2. The summed E-state index contributed by atoms with van der Waals surface area (Å²) in [6, 6.07) is 1.79. The number of ether oxygens (including phenoxy) is 2. The number of nitriles is 1. The monoisotopic (exact) mass is 113 g/mol. The van der Waals surface area contributed by atoms with Crippen LogP contribution in [0.25, 0.3) is 0 Å². The van der Waals surface area contributed by atoms with E-state index in [-0.39, 0.29) is 13.4 Å². The number of nitrogens with zero attached hydrogens (tertiary/aromatic N) is 1. The van der Waals surface area contributed by atoms with E-state index >= 15 is 0 Å². The Balaban J connectivity index is 2.74. The third-order valence-corrected chi connectivity index (χ3v) is 0.436. The third kappa shape index (κ3) is 4.99. The lowest BCUT2D eigenvalue weighted by Crippen LogP contribution is -1.94. The average molecular weight is 113 g/mol. The zero-order valence-corrected chi connectivity index (χ0v) is 4.46. The Morgan fingerprint density at radius 3 is 3.00 bits per heavy atom. The van der Waals surface area contributed by atoms with E-state index in [1.165, 1.54) is 6.26 Å². The highest BCUT2D eigenvalue weighted by Crippen LogP contribution is 1.74. The Hall–Kier alpha value is -1.01. The van der Waals surface area contributed by atoms with E-state index in [1.54, 1.807) is 6.07 Å². The van der Waals surface area contributed by atoms with E-state index in [0.29, 0.717) is 0 Å². The van der Waals surface area contributed by atoms with Gasteiger partial charge in [0.25, 0.3) is 0 Å². The quantitative estimate of drug-likeness (QED) is 0.305. The van der Waals surface area contributed by atoms with Crippen LogP contribution in [0.5, 0.6) is 0 Å². The summed E-state index contributed by atoms with van der Waals surface area (Å²) in [6.07, 6.45) is 1.26. The Labute approximate surface area is 48.1 Å². The number of hydrogen-bond donors (Lipinski definition) is 0. The molecule has 8 heavy (non-hydrogen) atoms. The fourth-order valence-corrected chi connectivity index (χ4v) is 0.184. The van der Waals surface area contributed by atoms with Crippen molar-refractivity contribution in [2.24, 2.45) is 0 Å². The van der Waals surface area contributed by atoms with Gasteiger partial charge in [0.1, 0.15) is 6.61 Å². The van der Waals surface area contributed by atoms with E-state index in [1.807, 2.05) is 0 Å². The molecule has 3 heteroatoms. The van der Waals surface area contributed by atoms with Crippen LogP contribution in [0.4, 0.5) is 0 Å². The summed E-state index contributed by atoms with van der Waals surface area (Å²) in [5.74, 6) is 0. The lowest BCUT2D eigenvalue weighted by atomic mass is 10.8. The van der Waals surface area contributed by atoms with E-state index in [0.717, 1.165) is 0 Å². The number of rotatable bonds is 4. The van der Waals surface area contributed by atoms with Crippen molar-refractivity contribution in [1.82, 2.24) is 0 Å². The van der Waals surface area contributed by atoms with Crippen molar-refractivity contribution in [2.75, 3.05) is 13.4 Å². The Bertz CT molecular complexity index is 95.1. The second kappa shape index (κ2) is 5.99. The minimum atomic E-state index is 0.0633. The Morgan fingerprint density at radius 1 is 1.75 bits per heavy atom. The first-order valence-corrected chi connectivity index (χ1v) is 2.09.